The molecule has 1 aliphatic rings. The van der Waals surface area contributed by atoms with E-state index in [1.807, 2.05) is 0 Å². The fraction of sp³-hybridized carbons (Fsp3) is 0.333. The molecule has 19 heavy (non-hydrogen) atoms. The highest BCUT2D eigenvalue weighted by molar-refractivity contribution is 6.07. The van der Waals surface area contributed by atoms with Crippen molar-refractivity contribution in [1.82, 2.24) is 15.2 Å². The number of nitrogens with one attached hydrogen (secondary N) is 1. The molecule has 1 fully saturated rings. The number of carbonyl (C=O) groups excluding carboxylic acids is 3. The summed E-state index contributed by atoms with van der Waals surface area (Å²) in [5.41, 5.74) is 0.0240. The summed E-state index contributed by atoms with van der Waals surface area (Å²) in [6.45, 7) is 1.54. The lowest BCUT2D eigenvalue weighted by Gasteiger charge is -2.33. The van der Waals surface area contributed by atoms with Gasteiger partial charge >= 0.3 is 0 Å². The van der Waals surface area contributed by atoms with Crippen molar-refractivity contribution in [2.75, 3.05) is 6.54 Å². The van der Waals surface area contributed by atoms with E-state index >= 15 is 0 Å². The quantitative estimate of drug-likeness (QED) is 0.711. The van der Waals surface area contributed by atoms with E-state index in [2.05, 4.69) is 10.3 Å². The fourth-order valence-corrected chi connectivity index (χ4v) is 2.01. The number of amides is 3. The molecule has 7 heteroatoms. The number of pyridine rings is 1. The zero-order valence-corrected chi connectivity index (χ0v) is 10.3. The number of nitrogens with zero attached hydrogens (tertiary/aromatic N) is 2. The van der Waals surface area contributed by atoms with E-state index < -0.39 is 23.8 Å². The summed E-state index contributed by atoms with van der Waals surface area (Å²) in [4.78, 5) is 40.2. The Bertz CT molecular complexity index is 544. The lowest BCUT2D eigenvalue weighted by molar-refractivity contribution is -0.138. The van der Waals surface area contributed by atoms with E-state index in [1.165, 1.54) is 12.3 Å². The van der Waals surface area contributed by atoms with Gasteiger partial charge in [-0.1, -0.05) is 6.92 Å². The standard InChI is InChI=1S/C12H13N3O4/c1-2-8-11(18)14-10(17)6-15(8)12(19)7-3-4-13-5-9(7)16/h3-5,8,16H,2,6H2,1H3,(H,14,17,18). The van der Waals surface area contributed by atoms with E-state index in [9.17, 15) is 19.5 Å². The molecule has 0 bridgehead atoms. The Hall–Kier alpha value is -2.44. The molecule has 0 saturated carbocycles. The molecule has 1 atom stereocenters. The zero-order valence-electron chi connectivity index (χ0n) is 10.3. The molecule has 1 aromatic heterocycles. The summed E-state index contributed by atoms with van der Waals surface area (Å²) in [6.07, 6.45) is 2.89. The highest BCUT2D eigenvalue weighted by atomic mass is 16.3. The zero-order chi connectivity index (χ0) is 14.0. The second kappa shape index (κ2) is 5.05. The number of aromatic nitrogens is 1. The molecule has 100 valence electrons. The lowest BCUT2D eigenvalue weighted by Crippen LogP contribution is -2.59. The lowest BCUT2D eigenvalue weighted by atomic mass is 10.1. The Morgan fingerprint density at radius 3 is 2.95 bits per heavy atom. The third-order valence-electron chi connectivity index (χ3n) is 2.93. The third kappa shape index (κ3) is 2.40. The van der Waals surface area contributed by atoms with Crippen molar-refractivity contribution >= 4 is 17.7 Å². The van der Waals surface area contributed by atoms with Crippen LogP contribution in [-0.2, 0) is 9.59 Å². The van der Waals surface area contributed by atoms with Crippen molar-refractivity contribution in [3.63, 3.8) is 0 Å². The molecule has 0 spiro atoms. The second-order valence-electron chi connectivity index (χ2n) is 4.16. The number of imide groups is 1. The Morgan fingerprint density at radius 1 is 1.58 bits per heavy atom. The first-order chi connectivity index (χ1) is 9.04. The predicted molar refractivity (Wildman–Crippen MR) is 64.2 cm³/mol. The third-order valence-corrected chi connectivity index (χ3v) is 2.93. The van der Waals surface area contributed by atoms with Crippen LogP contribution in [0.1, 0.15) is 23.7 Å². The number of hydrogen-bond acceptors (Lipinski definition) is 5. The summed E-state index contributed by atoms with van der Waals surface area (Å²) < 4.78 is 0. The van der Waals surface area contributed by atoms with Gasteiger partial charge in [0.05, 0.1) is 11.8 Å². The van der Waals surface area contributed by atoms with Crippen LogP contribution >= 0.6 is 0 Å². The number of hydrogen-bond donors (Lipinski definition) is 2. The molecule has 1 aromatic rings. The SMILES string of the molecule is CCC1C(=O)NC(=O)CN1C(=O)c1ccncc1O. The first kappa shape index (κ1) is 13.0. The van der Waals surface area contributed by atoms with Gasteiger partial charge in [-0.3, -0.25) is 24.7 Å². The Labute approximate surface area is 109 Å². The molecule has 1 unspecified atom stereocenters. The molecule has 1 aliphatic heterocycles. The van der Waals surface area contributed by atoms with Crippen LogP contribution in [0.25, 0.3) is 0 Å². The molecule has 7 nitrogen and oxygen atoms in total. The smallest absolute Gasteiger partial charge is 0.258 e. The molecule has 3 amide bonds. The van der Waals surface area contributed by atoms with Gasteiger partial charge in [0.25, 0.3) is 5.91 Å². The topological polar surface area (TPSA) is 99.6 Å². The fourth-order valence-electron chi connectivity index (χ4n) is 2.01. The van der Waals surface area contributed by atoms with Gasteiger partial charge in [0.15, 0.2) is 0 Å². The molecule has 2 rings (SSSR count). The number of piperazine rings is 1. The maximum Gasteiger partial charge on any atom is 0.258 e. The minimum absolute atomic E-state index is 0.0240. The van der Waals surface area contributed by atoms with Crippen LogP contribution in [0.2, 0.25) is 0 Å². The van der Waals surface area contributed by atoms with Crippen LogP contribution in [0.3, 0.4) is 0 Å². The van der Waals surface area contributed by atoms with Gasteiger partial charge < -0.3 is 10.0 Å². The van der Waals surface area contributed by atoms with E-state index in [0.717, 1.165) is 11.1 Å². The van der Waals surface area contributed by atoms with Crippen molar-refractivity contribution < 1.29 is 19.5 Å². The van der Waals surface area contributed by atoms with Gasteiger partial charge in [-0.05, 0) is 12.5 Å². The molecular formula is C12H13N3O4. The summed E-state index contributed by atoms with van der Waals surface area (Å²) in [5.74, 6) is -1.87. The van der Waals surface area contributed by atoms with Crippen molar-refractivity contribution in [3.05, 3.63) is 24.0 Å². The molecule has 0 aromatic carbocycles. The summed E-state index contributed by atoms with van der Waals surface area (Å²) in [5, 5.41) is 11.8. The van der Waals surface area contributed by atoms with Crippen LogP contribution < -0.4 is 5.32 Å². The number of rotatable bonds is 2. The minimum Gasteiger partial charge on any atom is -0.505 e. The van der Waals surface area contributed by atoms with Crippen molar-refractivity contribution in [2.45, 2.75) is 19.4 Å². The Morgan fingerprint density at radius 2 is 2.32 bits per heavy atom. The summed E-state index contributed by atoms with van der Waals surface area (Å²) >= 11 is 0. The van der Waals surface area contributed by atoms with Gasteiger partial charge in [0.1, 0.15) is 18.3 Å². The Balaban J connectivity index is 2.33. The first-order valence-electron chi connectivity index (χ1n) is 5.82. The maximum atomic E-state index is 12.3. The van der Waals surface area contributed by atoms with Gasteiger partial charge in [-0.25, -0.2) is 0 Å². The number of carbonyl (C=O) groups is 3. The average Bonchev–Trinajstić information content (AvgIpc) is 2.37. The molecule has 0 radical (unpaired) electrons. The van der Waals surface area contributed by atoms with Crippen LogP contribution in [0.4, 0.5) is 0 Å². The van der Waals surface area contributed by atoms with Crippen LogP contribution in [0, 0.1) is 0 Å². The largest absolute Gasteiger partial charge is 0.505 e. The molecule has 2 N–H and O–H groups in total. The van der Waals surface area contributed by atoms with Gasteiger partial charge in [0.2, 0.25) is 11.8 Å². The normalized spacial score (nSPS) is 19.2. The Kier molecular flexibility index (Phi) is 3.46. The highest BCUT2D eigenvalue weighted by Crippen LogP contribution is 2.20. The van der Waals surface area contributed by atoms with Crippen molar-refractivity contribution in [2.24, 2.45) is 0 Å². The van der Waals surface area contributed by atoms with Gasteiger partial charge in [0, 0.05) is 6.20 Å². The molecular weight excluding hydrogens is 250 g/mol. The number of aromatic hydroxyl groups is 1. The van der Waals surface area contributed by atoms with Crippen LogP contribution in [-0.4, -0.2) is 45.3 Å². The van der Waals surface area contributed by atoms with Gasteiger partial charge in [-0.15, -0.1) is 0 Å². The van der Waals surface area contributed by atoms with E-state index in [-0.39, 0.29) is 17.9 Å². The average molecular weight is 263 g/mol. The maximum absolute atomic E-state index is 12.3. The van der Waals surface area contributed by atoms with Crippen LogP contribution in [0.15, 0.2) is 18.5 Å². The summed E-state index contributed by atoms with van der Waals surface area (Å²) in [7, 11) is 0. The van der Waals surface area contributed by atoms with Crippen molar-refractivity contribution in [3.8, 4) is 5.75 Å². The predicted octanol–water partition coefficient (Wildman–Crippen LogP) is -0.336. The second-order valence-corrected chi connectivity index (χ2v) is 4.16. The molecule has 1 saturated heterocycles. The van der Waals surface area contributed by atoms with Crippen molar-refractivity contribution in [1.29, 1.82) is 0 Å². The highest BCUT2D eigenvalue weighted by Gasteiger charge is 2.36. The molecule has 0 aliphatic carbocycles. The summed E-state index contributed by atoms with van der Waals surface area (Å²) in [6, 6.07) is 0.638. The van der Waals surface area contributed by atoms with E-state index in [4.69, 9.17) is 0 Å². The molecule has 2 heterocycles. The minimum atomic E-state index is -0.710. The van der Waals surface area contributed by atoms with Crippen LogP contribution in [0.5, 0.6) is 5.75 Å². The monoisotopic (exact) mass is 263 g/mol. The van der Waals surface area contributed by atoms with E-state index in [1.54, 1.807) is 6.92 Å². The van der Waals surface area contributed by atoms with E-state index in [0.29, 0.717) is 6.42 Å². The van der Waals surface area contributed by atoms with Gasteiger partial charge in [-0.2, -0.15) is 0 Å². The first-order valence-corrected chi connectivity index (χ1v) is 5.82.